The zero-order valence-corrected chi connectivity index (χ0v) is 14.3. The monoisotopic (exact) mass is 385 g/mol. The normalized spacial score (nSPS) is 14.9. The Bertz CT molecular complexity index is 839. The first-order chi connectivity index (χ1) is 10.9. The van der Waals surface area contributed by atoms with Gasteiger partial charge in [0.15, 0.2) is 0 Å². The Labute approximate surface area is 152 Å². The van der Waals surface area contributed by atoms with Crippen LogP contribution < -0.4 is 4.90 Å². The second kappa shape index (κ2) is 6.17. The van der Waals surface area contributed by atoms with Gasteiger partial charge in [-0.25, -0.2) is 4.90 Å². The average Bonchev–Trinajstić information content (AvgIpc) is 2.69. The van der Waals surface area contributed by atoms with Crippen molar-refractivity contribution < 1.29 is 9.59 Å². The second-order valence-electron chi connectivity index (χ2n) is 4.77. The van der Waals surface area contributed by atoms with E-state index in [1.165, 1.54) is 18.2 Å². The number of carbonyl (C=O) groups is 2. The molecule has 1 aliphatic heterocycles. The third kappa shape index (κ3) is 2.98. The highest BCUT2D eigenvalue weighted by molar-refractivity contribution is 6.60. The van der Waals surface area contributed by atoms with E-state index < -0.39 is 11.8 Å². The van der Waals surface area contributed by atoms with E-state index in [2.05, 4.69) is 0 Å². The first kappa shape index (κ1) is 16.3. The number of hydrogen-bond acceptors (Lipinski definition) is 2. The van der Waals surface area contributed by atoms with Gasteiger partial charge in [-0.05, 0) is 35.9 Å². The molecular formula is C16H7Cl4NO2. The van der Waals surface area contributed by atoms with Crippen LogP contribution in [0.1, 0.15) is 5.56 Å². The minimum Gasteiger partial charge on any atom is -0.268 e. The van der Waals surface area contributed by atoms with Crippen molar-refractivity contribution in [3.8, 4) is 0 Å². The fourth-order valence-electron chi connectivity index (χ4n) is 2.27. The van der Waals surface area contributed by atoms with Crippen LogP contribution in [0.25, 0.3) is 5.57 Å². The Hall–Kier alpha value is -1.52. The Morgan fingerprint density at radius 2 is 1.26 bits per heavy atom. The summed E-state index contributed by atoms with van der Waals surface area (Å²) in [4.78, 5) is 26.0. The Morgan fingerprint density at radius 1 is 0.696 bits per heavy atom. The van der Waals surface area contributed by atoms with E-state index in [4.69, 9.17) is 46.4 Å². The van der Waals surface area contributed by atoms with E-state index >= 15 is 0 Å². The molecule has 0 N–H and O–H groups in total. The number of amides is 2. The summed E-state index contributed by atoms with van der Waals surface area (Å²) < 4.78 is 0. The maximum atomic E-state index is 12.7. The molecule has 116 valence electrons. The summed E-state index contributed by atoms with van der Waals surface area (Å²) >= 11 is 23.8. The molecule has 0 atom stereocenters. The van der Waals surface area contributed by atoms with Crippen molar-refractivity contribution in [2.45, 2.75) is 0 Å². The summed E-state index contributed by atoms with van der Waals surface area (Å²) in [6, 6.07) is 10.9. The number of anilines is 1. The molecule has 0 fully saturated rings. The summed E-state index contributed by atoms with van der Waals surface area (Å²) in [6.45, 7) is 0. The van der Waals surface area contributed by atoms with Crippen molar-refractivity contribution >= 4 is 69.5 Å². The predicted octanol–water partition coefficient (Wildman–Crippen LogP) is 5.17. The predicted molar refractivity (Wildman–Crippen MR) is 93.2 cm³/mol. The molecule has 0 bridgehead atoms. The molecule has 0 saturated heterocycles. The fraction of sp³-hybridized carbons (Fsp3) is 0. The maximum Gasteiger partial charge on any atom is 0.277 e. The third-order valence-electron chi connectivity index (χ3n) is 3.27. The van der Waals surface area contributed by atoms with Gasteiger partial charge in [0.05, 0.1) is 11.3 Å². The minimum atomic E-state index is -0.625. The van der Waals surface area contributed by atoms with Gasteiger partial charge in [-0.2, -0.15) is 0 Å². The molecule has 2 aromatic rings. The van der Waals surface area contributed by atoms with Crippen LogP contribution in [0.3, 0.4) is 0 Å². The number of halogens is 4. The molecule has 0 spiro atoms. The van der Waals surface area contributed by atoms with Gasteiger partial charge < -0.3 is 0 Å². The van der Waals surface area contributed by atoms with Crippen molar-refractivity contribution in [3.05, 3.63) is 68.1 Å². The molecule has 7 heteroatoms. The summed E-state index contributed by atoms with van der Waals surface area (Å²) in [5.41, 5.74) is 0.886. The Morgan fingerprint density at radius 3 is 1.83 bits per heavy atom. The molecular weight excluding hydrogens is 380 g/mol. The molecule has 3 rings (SSSR count). The van der Waals surface area contributed by atoms with Gasteiger partial charge in [0.25, 0.3) is 11.8 Å². The molecule has 1 heterocycles. The maximum absolute atomic E-state index is 12.7. The summed E-state index contributed by atoms with van der Waals surface area (Å²) in [6.07, 6.45) is 0. The molecule has 0 radical (unpaired) electrons. The number of carbonyl (C=O) groups excluding carboxylic acids is 2. The zero-order valence-electron chi connectivity index (χ0n) is 11.3. The van der Waals surface area contributed by atoms with Crippen LogP contribution in [0.15, 0.2) is 47.5 Å². The molecule has 2 aromatic carbocycles. The SMILES string of the molecule is O=C1C(Cl)=C(c2ccc(Cl)cc2)C(=O)N1c1cc(Cl)cc(Cl)c1. The van der Waals surface area contributed by atoms with Gasteiger partial charge >= 0.3 is 0 Å². The van der Waals surface area contributed by atoms with Crippen LogP contribution in [0.4, 0.5) is 5.69 Å². The standard InChI is InChI=1S/C16H7Cl4NO2/c17-9-3-1-8(2-4-9)13-14(20)16(23)21(15(13)22)12-6-10(18)5-11(19)7-12/h1-7H. The van der Waals surface area contributed by atoms with Crippen LogP contribution in [0, 0.1) is 0 Å². The van der Waals surface area contributed by atoms with Crippen LogP contribution in [0.5, 0.6) is 0 Å². The highest BCUT2D eigenvalue weighted by atomic mass is 35.5. The number of hydrogen-bond donors (Lipinski definition) is 0. The Kier molecular flexibility index (Phi) is 4.39. The van der Waals surface area contributed by atoms with Crippen LogP contribution >= 0.6 is 46.4 Å². The average molecular weight is 387 g/mol. The zero-order chi connectivity index (χ0) is 16.7. The molecule has 0 aromatic heterocycles. The van der Waals surface area contributed by atoms with Gasteiger partial charge in [-0.1, -0.05) is 58.5 Å². The third-order valence-corrected chi connectivity index (χ3v) is 4.30. The summed E-state index contributed by atoms with van der Waals surface area (Å²) in [5.74, 6) is -1.17. The molecule has 3 nitrogen and oxygen atoms in total. The molecule has 1 aliphatic rings. The lowest BCUT2D eigenvalue weighted by Crippen LogP contribution is -2.31. The van der Waals surface area contributed by atoms with Crippen molar-refractivity contribution in [3.63, 3.8) is 0 Å². The first-order valence-corrected chi connectivity index (χ1v) is 7.90. The van der Waals surface area contributed by atoms with E-state index in [1.54, 1.807) is 24.3 Å². The molecule has 0 aliphatic carbocycles. The number of imide groups is 1. The minimum absolute atomic E-state index is 0.115. The number of nitrogens with zero attached hydrogens (tertiary/aromatic N) is 1. The largest absolute Gasteiger partial charge is 0.277 e. The highest BCUT2D eigenvalue weighted by Crippen LogP contribution is 2.36. The van der Waals surface area contributed by atoms with E-state index in [9.17, 15) is 9.59 Å². The quantitative estimate of drug-likeness (QED) is 0.667. The van der Waals surface area contributed by atoms with Crippen LogP contribution in [-0.2, 0) is 9.59 Å². The smallest absolute Gasteiger partial charge is 0.268 e. The molecule has 2 amide bonds. The first-order valence-electron chi connectivity index (χ1n) is 6.39. The van der Waals surface area contributed by atoms with Crippen LogP contribution in [-0.4, -0.2) is 11.8 Å². The lowest BCUT2D eigenvalue weighted by atomic mass is 10.1. The van der Waals surface area contributed by atoms with E-state index in [0.29, 0.717) is 20.6 Å². The van der Waals surface area contributed by atoms with Crippen molar-refractivity contribution in [2.75, 3.05) is 4.90 Å². The van der Waals surface area contributed by atoms with E-state index in [0.717, 1.165) is 4.90 Å². The lowest BCUT2D eigenvalue weighted by Gasteiger charge is -2.15. The van der Waals surface area contributed by atoms with Crippen molar-refractivity contribution in [1.29, 1.82) is 0 Å². The van der Waals surface area contributed by atoms with Gasteiger partial charge in [-0.15, -0.1) is 0 Å². The molecule has 23 heavy (non-hydrogen) atoms. The Balaban J connectivity index is 2.07. The van der Waals surface area contributed by atoms with Gasteiger partial charge in [0.1, 0.15) is 5.03 Å². The van der Waals surface area contributed by atoms with Gasteiger partial charge in [-0.3, -0.25) is 9.59 Å². The summed E-state index contributed by atoms with van der Waals surface area (Å²) in [7, 11) is 0. The van der Waals surface area contributed by atoms with Gasteiger partial charge in [0, 0.05) is 15.1 Å². The molecule has 0 unspecified atom stereocenters. The van der Waals surface area contributed by atoms with Gasteiger partial charge in [0.2, 0.25) is 0 Å². The topological polar surface area (TPSA) is 37.4 Å². The summed E-state index contributed by atoms with van der Waals surface area (Å²) in [5, 5.41) is 0.975. The van der Waals surface area contributed by atoms with E-state index in [1.807, 2.05) is 0 Å². The number of rotatable bonds is 2. The number of benzene rings is 2. The van der Waals surface area contributed by atoms with Crippen LogP contribution in [0.2, 0.25) is 15.1 Å². The highest BCUT2D eigenvalue weighted by Gasteiger charge is 2.39. The van der Waals surface area contributed by atoms with Crippen molar-refractivity contribution in [1.82, 2.24) is 0 Å². The van der Waals surface area contributed by atoms with Crippen molar-refractivity contribution in [2.24, 2.45) is 0 Å². The van der Waals surface area contributed by atoms with E-state index in [-0.39, 0.29) is 16.3 Å². The fourth-order valence-corrected chi connectivity index (χ4v) is 3.19. The second-order valence-corrected chi connectivity index (χ2v) is 6.46. The lowest BCUT2D eigenvalue weighted by molar-refractivity contribution is -0.119. The molecule has 0 saturated carbocycles.